The lowest BCUT2D eigenvalue weighted by Crippen LogP contribution is -2.10. The molecule has 2 N–H and O–H groups in total. The third-order valence-electron chi connectivity index (χ3n) is 2.56. The van der Waals surface area contributed by atoms with E-state index in [1.165, 1.54) is 6.07 Å². The minimum Gasteiger partial charge on any atom is -0.477 e. The third-order valence-corrected chi connectivity index (χ3v) is 4.55. The van der Waals surface area contributed by atoms with Gasteiger partial charge in [0, 0.05) is 11.3 Å². The number of nitrogens with one attached hydrogen (secondary N) is 1. The summed E-state index contributed by atoms with van der Waals surface area (Å²) in [6.07, 6.45) is 0.543. The van der Waals surface area contributed by atoms with Crippen molar-refractivity contribution in [2.75, 3.05) is 0 Å². The topological polar surface area (TPSA) is 83.0 Å². The SMILES string of the molecule is O=C(O)c1cc2nc(Cc3cccs3)[nH]c(=O)c2s1. The van der Waals surface area contributed by atoms with Gasteiger partial charge in [-0.2, -0.15) is 0 Å². The Hall–Kier alpha value is -1.99. The maximum absolute atomic E-state index is 11.9. The van der Waals surface area contributed by atoms with Crippen molar-refractivity contribution >= 4 is 38.9 Å². The average Bonchev–Trinajstić information content (AvgIpc) is 2.97. The molecular weight excluding hydrogens is 284 g/mol. The number of fused-ring (bicyclic) bond motifs is 1. The molecule has 3 aromatic rings. The van der Waals surface area contributed by atoms with E-state index in [9.17, 15) is 9.59 Å². The summed E-state index contributed by atoms with van der Waals surface area (Å²) in [7, 11) is 0. The minimum absolute atomic E-state index is 0.126. The molecule has 0 amide bonds. The maximum atomic E-state index is 11.9. The Kier molecular flexibility index (Phi) is 2.92. The molecule has 0 saturated heterocycles. The molecular formula is C12H8N2O3S2. The molecule has 0 aliphatic heterocycles. The molecule has 0 bridgehead atoms. The van der Waals surface area contributed by atoms with Gasteiger partial charge in [0.15, 0.2) is 0 Å². The molecule has 0 unspecified atom stereocenters. The van der Waals surface area contributed by atoms with Crippen LogP contribution in [-0.2, 0) is 6.42 Å². The van der Waals surface area contributed by atoms with Gasteiger partial charge in [0.1, 0.15) is 15.4 Å². The van der Waals surface area contributed by atoms with E-state index in [1.54, 1.807) is 11.3 Å². The average molecular weight is 292 g/mol. The Labute approximate surface area is 115 Å². The zero-order chi connectivity index (χ0) is 13.4. The third kappa shape index (κ3) is 2.29. The number of thiophene rings is 2. The van der Waals surface area contributed by atoms with Crippen LogP contribution < -0.4 is 5.56 Å². The zero-order valence-corrected chi connectivity index (χ0v) is 11.2. The van der Waals surface area contributed by atoms with Gasteiger partial charge in [-0.15, -0.1) is 22.7 Å². The first kappa shape index (κ1) is 12.1. The van der Waals surface area contributed by atoms with Crippen molar-refractivity contribution in [1.82, 2.24) is 9.97 Å². The minimum atomic E-state index is -1.04. The van der Waals surface area contributed by atoms with Crippen LogP contribution in [0.15, 0.2) is 28.4 Å². The van der Waals surface area contributed by atoms with E-state index >= 15 is 0 Å². The van der Waals surface area contributed by atoms with Gasteiger partial charge in [0.05, 0.1) is 5.52 Å². The van der Waals surface area contributed by atoms with Gasteiger partial charge in [-0.3, -0.25) is 4.79 Å². The molecule has 0 aliphatic rings. The van der Waals surface area contributed by atoms with Crippen LogP contribution in [0.25, 0.3) is 10.2 Å². The van der Waals surface area contributed by atoms with Crippen LogP contribution >= 0.6 is 22.7 Å². The van der Waals surface area contributed by atoms with E-state index in [0.29, 0.717) is 22.5 Å². The van der Waals surface area contributed by atoms with Gasteiger partial charge in [-0.05, 0) is 17.5 Å². The van der Waals surface area contributed by atoms with E-state index in [4.69, 9.17) is 5.11 Å². The standard InChI is InChI=1S/C12H8N2O3S2/c15-11-10-7(5-8(19-10)12(16)17)13-9(14-11)4-6-2-1-3-18-6/h1-3,5H,4H2,(H,16,17)(H,13,14,15). The highest BCUT2D eigenvalue weighted by atomic mass is 32.1. The van der Waals surface area contributed by atoms with E-state index in [0.717, 1.165) is 16.2 Å². The second-order valence-electron chi connectivity index (χ2n) is 3.90. The van der Waals surface area contributed by atoms with E-state index in [1.807, 2.05) is 17.5 Å². The molecule has 3 heterocycles. The molecule has 19 heavy (non-hydrogen) atoms. The van der Waals surface area contributed by atoms with Crippen molar-refractivity contribution in [1.29, 1.82) is 0 Å². The molecule has 3 aromatic heterocycles. The Morgan fingerprint density at radius 1 is 1.47 bits per heavy atom. The molecule has 96 valence electrons. The Balaban J connectivity index is 2.08. The lowest BCUT2D eigenvalue weighted by Gasteiger charge is -1.98. The fourth-order valence-electron chi connectivity index (χ4n) is 1.76. The van der Waals surface area contributed by atoms with E-state index < -0.39 is 5.97 Å². The first-order chi connectivity index (χ1) is 9.13. The monoisotopic (exact) mass is 292 g/mol. The van der Waals surface area contributed by atoms with Gasteiger partial charge in [-0.1, -0.05) is 6.07 Å². The smallest absolute Gasteiger partial charge is 0.345 e. The molecule has 7 heteroatoms. The summed E-state index contributed by atoms with van der Waals surface area (Å²) in [6, 6.07) is 5.34. The van der Waals surface area contributed by atoms with Crippen molar-refractivity contribution in [3.8, 4) is 0 Å². The normalized spacial score (nSPS) is 10.9. The number of hydrogen-bond donors (Lipinski definition) is 2. The summed E-state index contributed by atoms with van der Waals surface area (Å²) >= 11 is 2.53. The number of aromatic carboxylic acids is 1. The van der Waals surface area contributed by atoms with Crippen molar-refractivity contribution in [2.24, 2.45) is 0 Å². The van der Waals surface area contributed by atoms with Crippen LogP contribution in [-0.4, -0.2) is 21.0 Å². The molecule has 0 atom stereocenters. The number of aromatic nitrogens is 2. The molecule has 5 nitrogen and oxygen atoms in total. The highest BCUT2D eigenvalue weighted by Crippen LogP contribution is 2.21. The highest BCUT2D eigenvalue weighted by Gasteiger charge is 2.13. The first-order valence-electron chi connectivity index (χ1n) is 5.42. The molecule has 0 fully saturated rings. The second kappa shape index (κ2) is 4.60. The van der Waals surface area contributed by atoms with E-state index in [-0.39, 0.29) is 10.4 Å². The van der Waals surface area contributed by atoms with Gasteiger partial charge in [0.2, 0.25) is 0 Å². The lowest BCUT2D eigenvalue weighted by molar-refractivity contribution is 0.0702. The van der Waals surface area contributed by atoms with E-state index in [2.05, 4.69) is 9.97 Å². The fraction of sp³-hybridized carbons (Fsp3) is 0.0833. The number of carboxylic acids is 1. The number of hydrogen-bond acceptors (Lipinski definition) is 5. The van der Waals surface area contributed by atoms with Crippen LogP contribution in [0.3, 0.4) is 0 Å². The van der Waals surface area contributed by atoms with Gasteiger partial charge < -0.3 is 10.1 Å². The number of carbonyl (C=O) groups is 1. The summed E-state index contributed by atoms with van der Waals surface area (Å²) in [5.74, 6) is -0.489. The molecule has 3 rings (SSSR count). The number of rotatable bonds is 3. The Morgan fingerprint density at radius 3 is 3.00 bits per heavy atom. The van der Waals surface area contributed by atoms with Crippen molar-refractivity contribution in [3.05, 3.63) is 49.5 Å². The summed E-state index contributed by atoms with van der Waals surface area (Å²) in [5, 5.41) is 10.9. The van der Waals surface area contributed by atoms with Crippen LogP contribution in [0, 0.1) is 0 Å². The predicted molar refractivity (Wildman–Crippen MR) is 74.3 cm³/mol. The van der Waals surface area contributed by atoms with Crippen molar-refractivity contribution in [2.45, 2.75) is 6.42 Å². The highest BCUT2D eigenvalue weighted by molar-refractivity contribution is 7.20. The Morgan fingerprint density at radius 2 is 2.32 bits per heavy atom. The quantitative estimate of drug-likeness (QED) is 0.776. The summed E-state index contributed by atoms with van der Waals surface area (Å²) in [4.78, 5) is 31.0. The fourth-order valence-corrected chi connectivity index (χ4v) is 3.30. The molecule has 0 saturated carbocycles. The number of carboxylic acid groups (broad SMARTS) is 1. The summed E-state index contributed by atoms with van der Waals surface area (Å²) in [5.41, 5.74) is 0.159. The van der Waals surface area contributed by atoms with Crippen molar-refractivity contribution < 1.29 is 9.90 Å². The number of H-pyrrole nitrogens is 1. The van der Waals surface area contributed by atoms with Crippen LogP contribution in [0.1, 0.15) is 20.4 Å². The summed E-state index contributed by atoms with van der Waals surface area (Å²) in [6.45, 7) is 0. The molecule has 0 aliphatic carbocycles. The van der Waals surface area contributed by atoms with Crippen LogP contribution in [0.5, 0.6) is 0 Å². The first-order valence-corrected chi connectivity index (χ1v) is 7.11. The number of nitrogens with zero attached hydrogens (tertiary/aromatic N) is 1. The Bertz CT molecular complexity index is 802. The zero-order valence-electron chi connectivity index (χ0n) is 9.54. The largest absolute Gasteiger partial charge is 0.477 e. The van der Waals surface area contributed by atoms with Gasteiger partial charge in [0.25, 0.3) is 5.56 Å². The van der Waals surface area contributed by atoms with Gasteiger partial charge >= 0.3 is 5.97 Å². The summed E-state index contributed by atoms with van der Waals surface area (Å²) < 4.78 is 0.354. The number of aromatic amines is 1. The molecule has 0 aromatic carbocycles. The predicted octanol–water partition coefficient (Wildman–Crippen LogP) is 2.34. The van der Waals surface area contributed by atoms with Crippen LogP contribution in [0.2, 0.25) is 0 Å². The second-order valence-corrected chi connectivity index (χ2v) is 5.98. The molecule has 0 radical (unpaired) electrons. The molecule has 0 spiro atoms. The van der Waals surface area contributed by atoms with Crippen LogP contribution in [0.4, 0.5) is 0 Å². The maximum Gasteiger partial charge on any atom is 0.345 e. The lowest BCUT2D eigenvalue weighted by atomic mass is 10.3. The van der Waals surface area contributed by atoms with Crippen molar-refractivity contribution in [3.63, 3.8) is 0 Å². The van der Waals surface area contributed by atoms with Gasteiger partial charge in [-0.25, -0.2) is 9.78 Å².